The first-order valence-corrected chi connectivity index (χ1v) is 9.68. The Hall–Kier alpha value is -2.99. The number of nitrogens with one attached hydrogen (secondary N) is 2. The van der Waals surface area contributed by atoms with Crippen LogP contribution in [0.4, 0.5) is 0 Å². The Labute approximate surface area is 165 Å². The molecule has 0 saturated heterocycles. The van der Waals surface area contributed by atoms with Crippen LogP contribution in [0.3, 0.4) is 0 Å². The van der Waals surface area contributed by atoms with Crippen molar-refractivity contribution < 1.29 is 19.3 Å². The SMILES string of the molecule is CC[NH+](CC)[C@H](CNC(=O)CN1C(=O)c2ccccc2C1=O)c1ccccc1. The van der Waals surface area contributed by atoms with Gasteiger partial charge in [0.15, 0.2) is 0 Å². The second kappa shape index (κ2) is 8.80. The first-order valence-electron chi connectivity index (χ1n) is 9.68. The van der Waals surface area contributed by atoms with Gasteiger partial charge in [-0.25, -0.2) is 0 Å². The van der Waals surface area contributed by atoms with Crippen LogP contribution in [0.2, 0.25) is 0 Å². The summed E-state index contributed by atoms with van der Waals surface area (Å²) < 4.78 is 0. The van der Waals surface area contributed by atoms with Gasteiger partial charge >= 0.3 is 0 Å². The number of carbonyl (C=O) groups excluding carboxylic acids is 3. The van der Waals surface area contributed by atoms with Gasteiger partial charge in [-0.3, -0.25) is 19.3 Å². The summed E-state index contributed by atoms with van der Waals surface area (Å²) in [6, 6.07) is 16.8. The lowest BCUT2D eigenvalue weighted by Gasteiger charge is -2.27. The number of rotatable bonds is 8. The minimum absolute atomic E-state index is 0.113. The molecule has 1 atom stereocenters. The summed E-state index contributed by atoms with van der Waals surface area (Å²) in [5, 5.41) is 2.92. The molecule has 0 radical (unpaired) electrons. The van der Waals surface area contributed by atoms with Crippen molar-refractivity contribution in [1.29, 1.82) is 0 Å². The Kier molecular flexibility index (Phi) is 6.21. The molecule has 1 aliphatic heterocycles. The molecule has 28 heavy (non-hydrogen) atoms. The number of amides is 3. The van der Waals surface area contributed by atoms with Crippen molar-refractivity contribution in [1.82, 2.24) is 10.2 Å². The number of likely N-dealkylation sites (N-methyl/N-ethyl adjacent to an activating group) is 1. The normalized spacial score (nSPS) is 14.3. The summed E-state index contributed by atoms with van der Waals surface area (Å²) in [7, 11) is 0. The number of imide groups is 1. The minimum Gasteiger partial charge on any atom is -0.348 e. The molecule has 0 unspecified atom stereocenters. The Morgan fingerprint density at radius 1 is 0.929 bits per heavy atom. The van der Waals surface area contributed by atoms with E-state index in [2.05, 4.69) is 31.3 Å². The molecule has 0 fully saturated rings. The molecule has 0 aliphatic carbocycles. The van der Waals surface area contributed by atoms with Gasteiger partial charge in [0, 0.05) is 5.56 Å². The molecule has 2 N–H and O–H groups in total. The van der Waals surface area contributed by atoms with Gasteiger partial charge in [0.1, 0.15) is 12.6 Å². The van der Waals surface area contributed by atoms with Crippen molar-refractivity contribution in [3.05, 3.63) is 71.3 Å². The third kappa shape index (κ3) is 3.97. The largest absolute Gasteiger partial charge is 0.348 e. The fraction of sp³-hybridized carbons (Fsp3) is 0.318. The molecule has 6 nitrogen and oxygen atoms in total. The lowest BCUT2D eigenvalue weighted by molar-refractivity contribution is -0.927. The van der Waals surface area contributed by atoms with Gasteiger partial charge in [0.25, 0.3) is 11.8 Å². The number of fused-ring (bicyclic) bond motifs is 1. The lowest BCUT2D eigenvalue weighted by Crippen LogP contribution is -3.12. The molecular formula is C22H26N3O3+. The molecule has 146 valence electrons. The molecule has 2 aromatic carbocycles. The highest BCUT2D eigenvalue weighted by atomic mass is 16.2. The number of carbonyl (C=O) groups is 3. The first kappa shape index (κ1) is 19.8. The first-order chi connectivity index (χ1) is 13.6. The molecule has 0 spiro atoms. The van der Waals surface area contributed by atoms with E-state index in [9.17, 15) is 14.4 Å². The monoisotopic (exact) mass is 380 g/mol. The standard InChI is InChI=1S/C22H25N3O3/c1-3-24(4-2)19(16-10-6-5-7-11-16)14-23-20(26)15-25-21(27)17-12-8-9-13-18(17)22(25)28/h5-13,19H,3-4,14-15H2,1-2H3,(H,23,26)/p+1/t19-/m1/s1. The zero-order valence-electron chi connectivity index (χ0n) is 16.3. The Balaban J connectivity index is 1.66. The van der Waals surface area contributed by atoms with Crippen molar-refractivity contribution in [3.8, 4) is 0 Å². The van der Waals surface area contributed by atoms with E-state index in [1.165, 1.54) is 4.90 Å². The molecule has 0 aromatic heterocycles. The maximum atomic E-state index is 12.5. The van der Waals surface area contributed by atoms with Crippen molar-refractivity contribution in [3.63, 3.8) is 0 Å². The van der Waals surface area contributed by atoms with Gasteiger partial charge in [0.2, 0.25) is 5.91 Å². The second-order valence-corrected chi connectivity index (χ2v) is 6.87. The smallest absolute Gasteiger partial charge is 0.262 e. The van der Waals surface area contributed by atoms with E-state index in [0.717, 1.165) is 23.6 Å². The summed E-state index contributed by atoms with van der Waals surface area (Å²) >= 11 is 0. The average Bonchev–Trinajstić information content (AvgIpc) is 2.97. The molecule has 6 heteroatoms. The quantitative estimate of drug-likeness (QED) is 0.673. The fourth-order valence-electron chi connectivity index (χ4n) is 3.72. The van der Waals surface area contributed by atoms with E-state index in [0.29, 0.717) is 17.7 Å². The maximum absolute atomic E-state index is 12.5. The van der Waals surface area contributed by atoms with Crippen molar-refractivity contribution >= 4 is 17.7 Å². The number of nitrogens with zero attached hydrogens (tertiary/aromatic N) is 1. The minimum atomic E-state index is -0.412. The van der Waals surface area contributed by atoms with Crippen LogP contribution in [-0.4, -0.2) is 48.8 Å². The number of hydrogen-bond acceptors (Lipinski definition) is 3. The van der Waals surface area contributed by atoms with E-state index >= 15 is 0 Å². The number of benzene rings is 2. The van der Waals surface area contributed by atoms with E-state index < -0.39 is 11.8 Å². The highest BCUT2D eigenvalue weighted by molar-refractivity contribution is 6.22. The topological polar surface area (TPSA) is 70.9 Å². The molecule has 0 saturated carbocycles. The average molecular weight is 380 g/mol. The Bertz CT molecular complexity index is 827. The van der Waals surface area contributed by atoms with Crippen LogP contribution in [0.25, 0.3) is 0 Å². The zero-order valence-corrected chi connectivity index (χ0v) is 16.3. The third-order valence-electron chi connectivity index (χ3n) is 5.29. The van der Waals surface area contributed by atoms with Gasteiger partial charge in [-0.1, -0.05) is 42.5 Å². The Morgan fingerprint density at radius 3 is 2.00 bits per heavy atom. The molecule has 3 rings (SSSR count). The lowest BCUT2D eigenvalue weighted by atomic mass is 10.1. The van der Waals surface area contributed by atoms with Crippen LogP contribution in [0, 0.1) is 0 Å². The second-order valence-electron chi connectivity index (χ2n) is 6.87. The summed E-state index contributed by atoms with van der Waals surface area (Å²) in [5.41, 5.74) is 1.87. The molecule has 1 heterocycles. The predicted octanol–water partition coefficient (Wildman–Crippen LogP) is 1.06. The van der Waals surface area contributed by atoms with Crippen LogP contribution in [0.1, 0.15) is 46.2 Å². The molecule has 2 aromatic rings. The van der Waals surface area contributed by atoms with E-state index in [4.69, 9.17) is 0 Å². The molecule has 1 aliphatic rings. The van der Waals surface area contributed by atoms with Crippen LogP contribution >= 0.6 is 0 Å². The van der Waals surface area contributed by atoms with Gasteiger partial charge in [-0.05, 0) is 26.0 Å². The van der Waals surface area contributed by atoms with Crippen LogP contribution in [0.15, 0.2) is 54.6 Å². The van der Waals surface area contributed by atoms with Crippen LogP contribution < -0.4 is 10.2 Å². The Morgan fingerprint density at radius 2 is 1.46 bits per heavy atom. The van der Waals surface area contributed by atoms with Gasteiger partial charge in [-0.2, -0.15) is 0 Å². The molecule has 0 bridgehead atoms. The van der Waals surface area contributed by atoms with Crippen LogP contribution in [-0.2, 0) is 4.79 Å². The number of hydrogen-bond donors (Lipinski definition) is 2. The van der Waals surface area contributed by atoms with Crippen molar-refractivity contribution in [2.45, 2.75) is 19.9 Å². The molecule has 3 amide bonds. The van der Waals surface area contributed by atoms with E-state index in [1.54, 1.807) is 24.3 Å². The third-order valence-corrected chi connectivity index (χ3v) is 5.29. The van der Waals surface area contributed by atoms with E-state index in [-0.39, 0.29) is 18.5 Å². The van der Waals surface area contributed by atoms with Gasteiger partial charge < -0.3 is 10.2 Å². The van der Waals surface area contributed by atoms with Crippen molar-refractivity contribution in [2.75, 3.05) is 26.2 Å². The highest BCUT2D eigenvalue weighted by Gasteiger charge is 2.36. The number of quaternary nitrogens is 1. The molecular weight excluding hydrogens is 354 g/mol. The van der Waals surface area contributed by atoms with E-state index in [1.807, 2.05) is 18.2 Å². The maximum Gasteiger partial charge on any atom is 0.262 e. The summed E-state index contributed by atoms with van der Waals surface area (Å²) in [6.45, 7) is 6.30. The zero-order chi connectivity index (χ0) is 20.1. The highest BCUT2D eigenvalue weighted by Crippen LogP contribution is 2.21. The summed E-state index contributed by atoms with van der Waals surface area (Å²) in [5.74, 6) is -1.16. The van der Waals surface area contributed by atoms with Gasteiger partial charge in [-0.15, -0.1) is 0 Å². The van der Waals surface area contributed by atoms with Gasteiger partial charge in [0.05, 0.1) is 30.8 Å². The summed E-state index contributed by atoms with van der Waals surface area (Å²) in [4.78, 5) is 39.7. The van der Waals surface area contributed by atoms with Crippen molar-refractivity contribution in [2.24, 2.45) is 0 Å². The predicted molar refractivity (Wildman–Crippen MR) is 106 cm³/mol. The van der Waals surface area contributed by atoms with Crippen LogP contribution in [0.5, 0.6) is 0 Å². The summed E-state index contributed by atoms with van der Waals surface area (Å²) in [6.07, 6.45) is 0. The fourth-order valence-corrected chi connectivity index (χ4v) is 3.72.